The molecule has 0 aromatic carbocycles. The van der Waals surface area contributed by atoms with Crippen LogP contribution in [0.5, 0.6) is 0 Å². The molecule has 0 amide bonds. The van der Waals surface area contributed by atoms with Crippen LogP contribution < -0.4 is 0 Å². The Labute approximate surface area is 84.2 Å². The minimum absolute atomic E-state index is 0.0992. The second-order valence-electron chi connectivity index (χ2n) is 4.17. The van der Waals surface area contributed by atoms with Crippen LogP contribution in [0, 0.1) is 5.41 Å². The Hall–Kier alpha value is -0.580. The van der Waals surface area contributed by atoms with Gasteiger partial charge in [0.15, 0.2) is 0 Å². The second kappa shape index (κ2) is 3.88. The lowest BCUT2D eigenvalue weighted by molar-refractivity contribution is -0.155. The molecule has 1 fully saturated rings. The molecule has 1 saturated carbocycles. The average molecular weight is 220 g/mol. The van der Waals surface area contributed by atoms with E-state index < -0.39 is 21.2 Å². The van der Waals surface area contributed by atoms with Crippen LogP contribution in [-0.2, 0) is 14.6 Å². The smallest absolute Gasteiger partial charge is 0.309 e. The predicted octanol–water partition coefficient (Wildman–Crippen LogP) is 1.07. The normalized spacial score (nSPS) is 20.1. The first-order chi connectivity index (χ1) is 6.36. The molecule has 0 aliphatic heterocycles. The number of sulfone groups is 1. The van der Waals surface area contributed by atoms with Crippen molar-refractivity contribution in [2.75, 3.05) is 12.0 Å². The van der Waals surface area contributed by atoms with Gasteiger partial charge in [0.25, 0.3) is 0 Å². The molecule has 1 aliphatic carbocycles. The largest absolute Gasteiger partial charge is 0.481 e. The Bertz CT molecular complexity index is 314. The van der Waals surface area contributed by atoms with Crippen LogP contribution in [0.1, 0.15) is 32.1 Å². The summed E-state index contributed by atoms with van der Waals surface area (Å²) < 4.78 is 21.7. The minimum atomic E-state index is -2.95. The van der Waals surface area contributed by atoms with Crippen molar-refractivity contribution in [1.29, 1.82) is 0 Å². The molecule has 0 aromatic heterocycles. The lowest BCUT2D eigenvalue weighted by atomic mass is 9.66. The highest BCUT2D eigenvalue weighted by atomic mass is 32.2. The molecule has 0 atom stereocenters. The van der Waals surface area contributed by atoms with Crippen molar-refractivity contribution in [3.05, 3.63) is 0 Å². The van der Waals surface area contributed by atoms with Gasteiger partial charge in [-0.3, -0.25) is 4.79 Å². The summed E-state index contributed by atoms with van der Waals surface area (Å²) in [5.41, 5.74) is -0.606. The molecule has 4 nitrogen and oxygen atoms in total. The summed E-state index contributed by atoms with van der Waals surface area (Å²) in [7, 11) is -2.95. The van der Waals surface area contributed by atoms with E-state index in [0.717, 1.165) is 6.42 Å². The van der Waals surface area contributed by atoms with Crippen LogP contribution in [0.15, 0.2) is 0 Å². The lowest BCUT2D eigenvalue weighted by Crippen LogP contribution is -2.38. The first-order valence-electron chi connectivity index (χ1n) is 4.77. The Morgan fingerprint density at radius 3 is 2.29 bits per heavy atom. The van der Waals surface area contributed by atoms with Crippen LogP contribution in [-0.4, -0.2) is 31.5 Å². The molecule has 0 heterocycles. The van der Waals surface area contributed by atoms with E-state index in [4.69, 9.17) is 5.11 Å². The van der Waals surface area contributed by atoms with Crippen molar-refractivity contribution < 1.29 is 18.3 Å². The zero-order valence-corrected chi connectivity index (χ0v) is 9.14. The first-order valence-corrected chi connectivity index (χ1v) is 6.83. The molecule has 0 radical (unpaired) electrons. The monoisotopic (exact) mass is 220 g/mol. The maximum atomic E-state index is 10.9. The highest BCUT2D eigenvalue weighted by molar-refractivity contribution is 7.90. The second-order valence-corrected chi connectivity index (χ2v) is 6.43. The molecular weight excluding hydrogens is 204 g/mol. The van der Waals surface area contributed by atoms with Gasteiger partial charge < -0.3 is 5.11 Å². The maximum Gasteiger partial charge on any atom is 0.309 e. The molecule has 1 rings (SSSR count). The number of carbonyl (C=O) groups is 1. The van der Waals surface area contributed by atoms with Crippen molar-refractivity contribution in [2.24, 2.45) is 5.41 Å². The molecule has 1 aliphatic rings. The number of carboxylic acid groups (broad SMARTS) is 1. The van der Waals surface area contributed by atoms with Crippen molar-refractivity contribution in [3.8, 4) is 0 Å². The van der Waals surface area contributed by atoms with E-state index >= 15 is 0 Å². The van der Waals surface area contributed by atoms with Gasteiger partial charge in [-0.05, 0) is 25.7 Å². The number of aliphatic carboxylic acids is 1. The fraction of sp³-hybridized carbons (Fsp3) is 0.889. The van der Waals surface area contributed by atoms with E-state index in [1.54, 1.807) is 0 Å². The molecule has 5 heteroatoms. The third kappa shape index (κ3) is 2.70. The quantitative estimate of drug-likeness (QED) is 0.752. The standard InChI is InChI=1S/C9H16O4S/c1-14(12,13)7-3-6-9(8(10)11)4-2-5-9/h2-7H2,1H3,(H,10,11). The SMILES string of the molecule is CS(=O)(=O)CCCC1(C(=O)O)CCC1. The summed E-state index contributed by atoms with van der Waals surface area (Å²) in [6.45, 7) is 0. The van der Waals surface area contributed by atoms with Gasteiger partial charge in [0.2, 0.25) is 0 Å². The summed E-state index contributed by atoms with van der Waals surface area (Å²) >= 11 is 0. The van der Waals surface area contributed by atoms with Gasteiger partial charge in [-0.15, -0.1) is 0 Å². The Morgan fingerprint density at radius 2 is 2.00 bits per heavy atom. The number of carboxylic acids is 1. The Kier molecular flexibility index (Phi) is 3.19. The molecule has 0 spiro atoms. The number of rotatable bonds is 5. The Balaban J connectivity index is 2.40. The van der Waals surface area contributed by atoms with Crippen molar-refractivity contribution in [1.82, 2.24) is 0 Å². The Morgan fingerprint density at radius 1 is 1.43 bits per heavy atom. The fourth-order valence-electron chi connectivity index (χ4n) is 1.85. The summed E-state index contributed by atoms with van der Waals surface area (Å²) in [5.74, 6) is -0.667. The van der Waals surface area contributed by atoms with Gasteiger partial charge in [-0.1, -0.05) is 6.42 Å². The highest BCUT2D eigenvalue weighted by Crippen LogP contribution is 2.44. The topological polar surface area (TPSA) is 71.4 Å². The third-order valence-electron chi connectivity index (χ3n) is 2.93. The zero-order valence-electron chi connectivity index (χ0n) is 8.32. The molecule has 0 unspecified atom stereocenters. The zero-order chi connectivity index (χ0) is 10.8. The van der Waals surface area contributed by atoms with Crippen LogP contribution in [0.25, 0.3) is 0 Å². The molecule has 14 heavy (non-hydrogen) atoms. The highest BCUT2D eigenvalue weighted by Gasteiger charge is 2.43. The first kappa shape index (κ1) is 11.5. The molecule has 0 bridgehead atoms. The summed E-state index contributed by atoms with van der Waals surface area (Å²) in [4.78, 5) is 10.9. The van der Waals surface area contributed by atoms with Gasteiger partial charge in [0.1, 0.15) is 9.84 Å². The fourth-order valence-corrected chi connectivity index (χ4v) is 2.52. The summed E-state index contributed by atoms with van der Waals surface area (Å²) in [6.07, 6.45) is 4.49. The van der Waals surface area contributed by atoms with Crippen LogP contribution >= 0.6 is 0 Å². The molecule has 82 valence electrons. The van der Waals surface area contributed by atoms with Crippen molar-refractivity contribution in [2.45, 2.75) is 32.1 Å². The molecule has 1 N–H and O–H groups in total. The summed E-state index contributed by atoms with van der Waals surface area (Å²) in [6, 6.07) is 0. The van der Waals surface area contributed by atoms with E-state index in [1.807, 2.05) is 0 Å². The molecule has 0 aromatic rings. The molecule has 0 saturated heterocycles. The average Bonchev–Trinajstić information content (AvgIpc) is 1.91. The summed E-state index contributed by atoms with van der Waals surface area (Å²) in [5, 5.41) is 8.96. The minimum Gasteiger partial charge on any atom is -0.481 e. The van der Waals surface area contributed by atoms with Crippen LogP contribution in [0.4, 0.5) is 0 Å². The maximum absolute atomic E-state index is 10.9. The van der Waals surface area contributed by atoms with Gasteiger partial charge in [-0.25, -0.2) is 8.42 Å². The van der Waals surface area contributed by atoms with E-state index in [9.17, 15) is 13.2 Å². The third-order valence-corrected chi connectivity index (χ3v) is 3.97. The lowest BCUT2D eigenvalue weighted by Gasteiger charge is -2.37. The van der Waals surface area contributed by atoms with Gasteiger partial charge >= 0.3 is 5.97 Å². The van der Waals surface area contributed by atoms with Gasteiger partial charge in [0.05, 0.1) is 5.41 Å². The van der Waals surface area contributed by atoms with Gasteiger partial charge in [0, 0.05) is 12.0 Å². The van der Waals surface area contributed by atoms with Crippen LogP contribution in [0.2, 0.25) is 0 Å². The van der Waals surface area contributed by atoms with E-state index in [0.29, 0.717) is 25.7 Å². The predicted molar refractivity (Wildman–Crippen MR) is 52.9 cm³/mol. The number of hydrogen-bond acceptors (Lipinski definition) is 3. The van der Waals surface area contributed by atoms with E-state index in [2.05, 4.69) is 0 Å². The van der Waals surface area contributed by atoms with Crippen molar-refractivity contribution >= 4 is 15.8 Å². The van der Waals surface area contributed by atoms with Crippen molar-refractivity contribution in [3.63, 3.8) is 0 Å². The van der Waals surface area contributed by atoms with E-state index in [-0.39, 0.29) is 5.75 Å². The van der Waals surface area contributed by atoms with E-state index in [1.165, 1.54) is 6.26 Å². The van der Waals surface area contributed by atoms with Crippen LogP contribution in [0.3, 0.4) is 0 Å². The van der Waals surface area contributed by atoms with Gasteiger partial charge in [-0.2, -0.15) is 0 Å². The molecular formula is C9H16O4S. The number of hydrogen-bond donors (Lipinski definition) is 1.